The SMILES string of the molecule is Cc1ccc2c(c1)c1cc(C)ccc1n2-c1c(C#N)c(-n2c3ccccc3c3ccc4oc5ccccc5c4c32)c(-n2c3ccc(C)cc3c3cc(C)ccc32)c(-n2c3ccccc3c3ccc4oc5ccccc5c4c32)c1C#N. The van der Waals surface area contributed by atoms with Crippen LogP contribution in [0.5, 0.6) is 0 Å². The van der Waals surface area contributed by atoms with Gasteiger partial charge in [-0.2, -0.15) is 10.5 Å². The number of benzene rings is 11. The van der Waals surface area contributed by atoms with Crippen molar-refractivity contribution in [3.05, 3.63) is 228 Å². The summed E-state index contributed by atoms with van der Waals surface area (Å²) in [7, 11) is 0. The summed E-state index contributed by atoms with van der Waals surface area (Å²) in [5.74, 6) is 0. The van der Waals surface area contributed by atoms with E-state index in [-0.39, 0.29) is 0 Å². The van der Waals surface area contributed by atoms with Gasteiger partial charge in [0.2, 0.25) is 0 Å². The number of fused-ring (bicyclic) bond motifs is 20. The molecule has 8 heteroatoms. The second kappa shape index (κ2) is 15.9. The maximum atomic E-state index is 12.8. The Morgan fingerprint density at radius 2 is 0.625 bits per heavy atom. The van der Waals surface area contributed by atoms with Crippen LogP contribution in [0.25, 0.3) is 154 Å². The molecule has 11 aromatic carbocycles. The fraction of sp³-hybridized carbons (Fsp3) is 0.0556. The molecule has 6 heterocycles. The van der Waals surface area contributed by atoms with Crippen molar-refractivity contribution in [1.29, 1.82) is 10.5 Å². The zero-order chi connectivity index (χ0) is 53.4. The van der Waals surface area contributed by atoms with E-state index in [2.05, 4.69) is 228 Å². The first-order valence-corrected chi connectivity index (χ1v) is 27.0. The van der Waals surface area contributed by atoms with Crippen LogP contribution in [0.4, 0.5) is 0 Å². The molecule has 0 aliphatic heterocycles. The van der Waals surface area contributed by atoms with Crippen LogP contribution in [-0.4, -0.2) is 18.3 Å². The Balaban J connectivity index is 1.24. The molecule has 80 heavy (non-hydrogen) atoms. The van der Waals surface area contributed by atoms with E-state index >= 15 is 0 Å². The predicted octanol–water partition coefficient (Wildman–Crippen LogP) is 18.9. The zero-order valence-corrected chi connectivity index (χ0v) is 44.0. The van der Waals surface area contributed by atoms with Gasteiger partial charge in [-0.15, -0.1) is 0 Å². The van der Waals surface area contributed by atoms with Crippen molar-refractivity contribution in [2.75, 3.05) is 0 Å². The molecule has 0 unspecified atom stereocenters. The van der Waals surface area contributed by atoms with Crippen LogP contribution in [0, 0.1) is 50.4 Å². The lowest BCUT2D eigenvalue weighted by Crippen LogP contribution is -2.17. The number of aromatic nitrogens is 4. The molecule has 0 spiro atoms. The van der Waals surface area contributed by atoms with Crippen molar-refractivity contribution in [3.63, 3.8) is 0 Å². The maximum absolute atomic E-state index is 12.8. The Labute approximate surface area is 456 Å². The number of hydrogen-bond acceptors (Lipinski definition) is 4. The molecular weight excluding hydrogens is 981 g/mol. The molecule has 8 nitrogen and oxygen atoms in total. The zero-order valence-electron chi connectivity index (χ0n) is 44.0. The Morgan fingerprint density at radius 3 is 1.01 bits per heavy atom. The van der Waals surface area contributed by atoms with Gasteiger partial charge in [-0.05, 0) is 125 Å². The topological polar surface area (TPSA) is 93.6 Å². The summed E-state index contributed by atoms with van der Waals surface area (Å²) in [5.41, 5.74) is 17.7. The van der Waals surface area contributed by atoms with E-state index in [9.17, 15) is 10.5 Å². The first kappa shape index (κ1) is 44.3. The molecule has 0 saturated carbocycles. The van der Waals surface area contributed by atoms with Crippen molar-refractivity contribution in [3.8, 4) is 34.9 Å². The van der Waals surface area contributed by atoms with Gasteiger partial charge in [-0.1, -0.05) is 119 Å². The molecule has 374 valence electrons. The van der Waals surface area contributed by atoms with Crippen molar-refractivity contribution < 1.29 is 8.83 Å². The van der Waals surface area contributed by atoms with Crippen LogP contribution in [0.3, 0.4) is 0 Å². The van der Waals surface area contributed by atoms with Crippen molar-refractivity contribution in [1.82, 2.24) is 18.3 Å². The van der Waals surface area contributed by atoms with E-state index in [1.165, 1.54) is 0 Å². The Hall–Kier alpha value is -10.8. The van der Waals surface area contributed by atoms with Gasteiger partial charge in [0, 0.05) is 53.9 Å². The number of hydrogen-bond donors (Lipinski definition) is 0. The van der Waals surface area contributed by atoms with E-state index < -0.39 is 0 Å². The molecule has 17 aromatic rings. The van der Waals surface area contributed by atoms with Gasteiger partial charge in [0.25, 0.3) is 0 Å². The molecule has 0 aliphatic rings. The average Bonchev–Trinajstić information content (AvgIpc) is 3.90. The Morgan fingerprint density at radius 1 is 0.287 bits per heavy atom. The molecule has 0 fully saturated rings. The standard InChI is InChI=1S/C72H44N6O2/c1-39-21-27-57-49(33-39)50-34-40(2)22-28-58(50)75(57)67-53(37-73)70(77-55-17-9-5-13-43(55)45-25-31-63-65(68(45)77)47-15-7-11-19-61(47)79-63)72(76-59-29-23-41(3)35-51(59)52-36-42(4)24-30-60(52)76)71(54(67)38-74)78-56-18-10-6-14-44(56)46-26-32-64-66(69(46)78)48-16-8-12-20-62(48)80-64/h5-36H,1-4H3. The van der Waals surface area contributed by atoms with Crippen LogP contribution in [0.15, 0.2) is 203 Å². The van der Waals surface area contributed by atoms with E-state index in [4.69, 9.17) is 8.83 Å². The van der Waals surface area contributed by atoms with Gasteiger partial charge >= 0.3 is 0 Å². The number of para-hydroxylation sites is 4. The molecule has 17 rings (SSSR count). The molecular formula is C72H44N6O2. The normalized spacial score (nSPS) is 12.2. The predicted molar refractivity (Wildman–Crippen MR) is 327 cm³/mol. The van der Waals surface area contributed by atoms with Gasteiger partial charge in [0.15, 0.2) is 0 Å². The minimum Gasteiger partial charge on any atom is -0.456 e. The van der Waals surface area contributed by atoms with Crippen LogP contribution < -0.4 is 0 Å². The second-order valence-electron chi connectivity index (χ2n) is 21.7. The van der Waals surface area contributed by atoms with Gasteiger partial charge in [-0.25, -0.2) is 0 Å². The molecule has 0 N–H and O–H groups in total. The fourth-order valence-electron chi connectivity index (χ4n) is 13.8. The fourth-order valence-corrected chi connectivity index (χ4v) is 13.8. The summed E-state index contributed by atoms with van der Waals surface area (Å²) in [6, 6.07) is 74.1. The van der Waals surface area contributed by atoms with Crippen molar-refractivity contribution >= 4 is 131 Å². The first-order valence-electron chi connectivity index (χ1n) is 27.0. The largest absolute Gasteiger partial charge is 0.456 e. The summed E-state index contributed by atoms with van der Waals surface area (Å²) in [5, 5.41) is 37.6. The highest BCUT2D eigenvalue weighted by atomic mass is 16.3. The molecule has 0 bridgehead atoms. The summed E-state index contributed by atoms with van der Waals surface area (Å²) in [6.45, 7) is 8.50. The minimum absolute atomic E-state index is 0.335. The van der Waals surface area contributed by atoms with Gasteiger partial charge in [0.05, 0.1) is 77.7 Å². The van der Waals surface area contributed by atoms with Crippen molar-refractivity contribution in [2.24, 2.45) is 0 Å². The Kier molecular flexibility index (Phi) is 8.81. The highest BCUT2D eigenvalue weighted by Crippen LogP contribution is 2.51. The lowest BCUT2D eigenvalue weighted by Gasteiger charge is -2.27. The van der Waals surface area contributed by atoms with Gasteiger partial charge in [0.1, 0.15) is 45.6 Å². The summed E-state index contributed by atoms with van der Waals surface area (Å²) in [6.07, 6.45) is 0. The highest BCUT2D eigenvalue weighted by molar-refractivity contribution is 6.27. The highest BCUT2D eigenvalue weighted by Gasteiger charge is 2.36. The third kappa shape index (κ3) is 5.71. The molecule has 0 aliphatic carbocycles. The van der Waals surface area contributed by atoms with E-state index in [1.807, 2.05) is 24.3 Å². The summed E-state index contributed by atoms with van der Waals surface area (Å²) >= 11 is 0. The van der Waals surface area contributed by atoms with Crippen LogP contribution in [-0.2, 0) is 0 Å². The quantitative estimate of drug-likeness (QED) is 0.175. The Bertz CT molecular complexity index is 5410. The summed E-state index contributed by atoms with van der Waals surface area (Å²) < 4.78 is 22.8. The monoisotopic (exact) mass is 1020 g/mol. The third-order valence-electron chi connectivity index (χ3n) is 17.0. The van der Waals surface area contributed by atoms with Crippen LogP contribution in [0.1, 0.15) is 33.4 Å². The van der Waals surface area contributed by atoms with Crippen LogP contribution in [0.2, 0.25) is 0 Å². The minimum atomic E-state index is 0.335. The second-order valence-corrected chi connectivity index (χ2v) is 21.7. The van der Waals surface area contributed by atoms with Gasteiger partial charge in [-0.3, -0.25) is 0 Å². The average molecular weight is 1030 g/mol. The number of aryl methyl sites for hydroxylation is 4. The lowest BCUT2D eigenvalue weighted by atomic mass is 9.98. The number of furan rings is 2. The van der Waals surface area contributed by atoms with E-state index in [1.54, 1.807) is 0 Å². The molecule has 0 amide bonds. The lowest BCUT2D eigenvalue weighted by molar-refractivity contribution is 0.669. The first-order chi connectivity index (χ1) is 39.3. The van der Waals surface area contributed by atoms with Crippen LogP contribution >= 0.6 is 0 Å². The van der Waals surface area contributed by atoms with Crippen molar-refractivity contribution in [2.45, 2.75) is 27.7 Å². The number of nitriles is 2. The summed E-state index contributed by atoms with van der Waals surface area (Å²) in [4.78, 5) is 0. The number of nitrogens with zero attached hydrogens (tertiary/aromatic N) is 6. The van der Waals surface area contributed by atoms with E-state index in [0.717, 1.165) is 153 Å². The van der Waals surface area contributed by atoms with Gasteiger partial charge < -0.3 is 27.1 Å². The molecule has 6 aromatic heterocycles. The number of rotatable bonds is 4. The van der Waals surface area contributed by atoms with E-state index in [0.29, 0.717) is 33.9 Å². The molecule has 0 atom stereocenters. The molecule has 0 radical (unpaired) electrons. The molecule has 0 saturated heterocycles. The third-order valence-corrected chi connectivity index (χ3v) is 17.0. The smallest absolute Gasteiger partial charge is 0.137 e. The maximum Gasteiger partial charge on any atom is 0.137 e.